The summed E-state index contributed by atoms with van der Waals surface area (Å²) in [5, 5.41) is 6.18. The highest BCUT2D eigenvalue weighted by Crippen LogP contribution is 2.28. The van der Waals surface area contributed by atoms with Gasteiger partial charge >= 0.3 is 0 Å². The summed E-state index contributed by atoms with van der Waals surface area (Å²) in [5.74, 6) is 0.625. The average Bonchev–Trinajstić information content (AvgIpc) is 3.00. The Kier molecular flexibility index (Phi) is 4.86. The van der Waals surface area contributed by atoms with Crippen molar-refractivity contribution in [1.29, 1.82) is 0 Å². The molecule has 0 N–H and O–H groups in total. The molecule has 122 valence electrons. The number of carbonyl (C=O) groups is 1. The van der Waals surface area contributed by atoms with E-state index in [2.05, 4.69) is 10.1 Å². The number of hydrazone groups is 1. The Morgan fingerprint density at radius 2 is 2.00 bits per heavy atom. The zero-order valence-corrected chi connectivity index (χ0v) is 14.3. The largest absolute Gasteiger partial charge is 0.494 e. The molecule has 0 spiro atoms. The second-order valence-corrected chi connectivity index (χ2v) is 6.05. The first kappa shape index (κ1) is 16.1. The number of anilines is 1. The molecule has 0 bridgehead atoms. The summed E-state index contributed by atoms with van der Waals surface area (Å²) in [7, 11) is 0. The van der Waals surface area contributed by atoms with Gasteiger partial charge in [-0.15, -0.1) is 0 Å². The minimum atomic E-state index is -0.184. The molecule has 1 heterocycles. The van der Waals surface area contributed by atoms with Crippen LogP contribution in [0.4, 0.5) is 5.13 Å². The molecule has 0 radical (unpaired) electrons. The van der Waals surface area contributed by atoms with Crippen molar-refractivity contribution < 1.29 is 9.53 Å². The van der Waals surface area contributed by atoms with Gasteiger partial charge in [-0.3, -0.25) is 4.79 Å². The number of hydrogen-bond donors (Lipinski definition) is 0. The van der Waals surface area contributed by atoms with Crippen molar-refractivity contribution in [2.75, 3.05) is 11.6 Å². The fourth-order valence-corrected chi connectivity index (χ4v) is 3.12. The standard InChI is InChI=1S/C18H17N3O2S/c1-3-23-15-10-8-14(9-11-15)12-19-21(13(2)22)18-20-16-6-4-5-7-17(16)24-18/h4-12H,3H2,1-2H3/b19-12-. The van der Waals surface area contributed by atoms with Crippen LogP contribution in [0.1, 0.15) is 19.4 Å². The van der Waals surface area contributed by atoms with Gasteiger partial charge in [-0.1, -0.05) is 23.5 Å². The molecule has 2 aromatic carbocycles. The number of nitrogens with zero attached hydrogens (tertiary/aromatic N) is 3. The Morgan fingerprint density at radius 1 is 1.25 bits per heavy atom. The number of para-hydroxylation sites is 1. The van der Waals surface area contributed by atoms with Crippen molar-refractivity contribution in [3.8, 4) is 5.75 Å². The highest BCUT2D eigenvalue weighted by Gasteiger charge is 2.15. The maximum atomic E-state index is 11.9. The van der Waals surface area contributed by atoms with Gasteiger partial charge < -0.3 is 4.74 Å². The van der Waals surface area contributed by atoms with Gasteiger partial charge in [0.1, 0.15) is 5.75 Å². The predicted molar refractivity (Wildman–Crippen MR) is 98.0 cm³/mol. The molecule has 0 saturated heterocycles. The Morgan fingerprint density at radius 3 is 2.67 bits per heavy atom. The van der Waals surface area contributed by atoms with Crippen LogP contribution in [0.25, 0.3) is 10.2 Å². The van der Waals surface area contributed by atoms with E-state index in [1.807, 2.05) is 55.5 Å². The molecule has 1 aromatic heterocycles. The molecular weight excluding hydrogens is 322 g/mol. The third-order valence-corrected chi connectivity index (χ3v) is 4.29. The molecule has 0 aliphatic heterocycles. The molecule has 1 amide bonds. The van der Waals surface area contributed by atoms with E-state index < -0.39 is 0 Å². The molecule has 0 saturated carbocycles. The summed E-state index contributed by atoms with van der Waals surface area (Å²) in [6.07, 6.45) is 1.64. The Labute approximate surface area is 144 Å². The van der Waals surface area contributed by atoms with Crippen molar-refractivity contribution in [2.45, 2.75) is 13.8 Å². The third-order valence-electron chi connectivity index (χ3n) is 3.28. The van der Waals surface area contributed by atoms with Gasteiger partial charge in [0.05, 0.1) is 23.0 Å². The van der Waals surface area contributed by atoms with Crippen molar-refractivity contribution in [3.63, 3.8) is 0 Å². The first-order valence-electron chi connectivity index (χ1n) is 7.60. The molecule has 0 atom stereocenters. The van der Waals surface area contributed by atoms with E-state index in [0.29, 0.717) is 11.7 Å². The summed E-state index contributed by atoms with van der Waals surface area (Å²) in [6, 6.07) is 15.3. The van der Waals surface area contributed by atoms with Gasteiger partial charge in [0, 0.05) is 6.92 Å². The lowest BCUT2D eigenvalue weighted by atomic mass is 10.2. The Bertz CT molecular complexity index is 838. The molecule has 0 fully saturated rings. The smallest absolute Gasteiger partial charge is 0.246 e. The average molecular weight is 339 g/mol. The summed E-state index contributed by atoms with van der Waals surface area (Å²) in [4.78, 5) is 16.4. The molecule has 3 aromatic rings. The number of ether oxygens (including phenoxy) is 1. The number of hydrogen-bond acceptors (Lipinski definition) is 5. The van der Waals surface area contributed by atoms with Crippen LogP contribution in [0.15, 0.2) is 53.6 Å². The van der Waals surface area contributed by atoms with E-state index >= 15 is 0 Å². The molecule has 6 heteroatoms. The van der Waals surface area contributed by atoms with Crippen LogP contribution in [0.3, 0.4) is 0 Å². The van der Waals surface area contributed by atoms with E-state index in [0.717, 1.165) is 21.5 Å². The SMILES string of the molecule is CCOc1ccc(/C=N\N(C(C)=O)c2nc3ccccc3s2)cc1. The topological polar surface area (TPSA) is 54.8 Å². The molecule has 0 unspecified atom stereocenters. The number of benzene rings is 2. The normalized spacial score (nSPS) is 11.1. The predicted octanol–water partition coefficient (Wildman–Crippen LogP) is 4.08. The number of rotatable bonds is 5. The zero-order valence-electron chi connectivity index (χ0n) is 13.5. The second kappa shape index (κ2) is 7.23. The molecule has 24 heavy (non-hydrogen) atoms. The monoisotopic (exact) mass is 339 g/mol. The van der Waals surface area contributed by atoms with Gasteiger partial charge in [-0.25, -0.2) is 4.98 Å². The summed E-state index contributed by atoms with van der Waals surface area (Å²) in [6.45, 7) is 4.04. The van der Waals surface area contributed by atoms with E-state index in [-0.39, 0.29) is 5.91 Å². The van der Waals surface area contributed by atoms with Crippen LogP contribution in [0.5, 0.6) is 5.75 Å². The first-order valence-corrected chi connectivity index (χ1v) is 8.42. The maximum absolute atomic E-state index is 11.9. The van der Waals surface area contributed by atoms with Crippen molar-refractivity contribution in [3.05, 3.63) is 54.1 Å². The summed E-state index contributed by atoms with van der Waals surface area (Å²) < 4.78 is 6.43. The number of carbonyl (C=O) groups excluding carboxylic acids is 1. The lowest BCUT2D eigenvalue weighted by Gasteiger charge is -2.10. The number of amides is 1. The van der Waals surface area contributed by atoms with Gasteiger partial charge in [-0.2, -0.15) is 10.1 Å². The van der Waals surface area contributed by atoms with Crippen molar-refractivity contribution >= 4 is 38.8 Å². The lowest BCUT2D eigenvalue weighted by Crippen LogP contribution is -2.22. The van der Waals surface area contributed by atoms with E-state index in [4.69, 9.17) is 4.74 Å². The fourth-order valence-electron chi connectivity index (χ4n) is 2.16. The minimum Gasteiger partial charge on any atom is -0.494 e. The van der Waals surface area contributed by atoms with Crippen LogP contribution in [0.2, 0.25) is 0 Å². The van der Waals surface area contributed by atoms with Crippen LogP contribution in [0, 0.1) is 0 Å². The molecule has 5 nitrogen and oxygen atoms in total. The van der Waals surface area contributed by atoms with E-state index in [1.165, 1.54) is 23.3 Å². The highest BCUT2D eigenvalue weighted by atomic mass is 32.1. The van der Waals surface area contributed by atoms with Gasteiger partial charge in [0.2, 0.25) is 11.0 Å². The Balaban J connectivity index is 1.84. The Hall–Kier alpha value is -2.73. The molecule has 0 aliphatic carbocycles. The second-order valence-electron chi connectivity index (χ2n) is 5.04. The molecular formula is C18H17N3O2S. The summed E-state index contributed by atoms with van der Waals surface area (Å²) >= 11 is 1.44. The molecule has 3 rings (SSSR count). The number of aromatic nitrogens is 1. The van der Waals surface area contributed by atoms with Crippen LogP contribution in [-0.4, -0.2) is 23.7 Å². The summed E-state index contributed by atoms with van der Waals surface area (Å²) in [5.41, 5.74) is 1.74. The quantitative estimate of drug-likeness (QED) is 0.520. The number of thiazole rings is 1. The van der Waals surface area contributed by atoms with Crippen LogP contribution < -0.4 is 9.75 Å². The van der Waals surface area contributed by atoms with Gasteiger partial charge in [-0.05, 0) is 48.9 Å². The van der Waals surface area contributed by atoms with E-state index in [9.17, 15) is 4.79 Å². The van der Waals surface area contributed by atoms with Crippen LogP contribution in [-0.2, 0) is 4.79 Å². The van der Waals surface area contributed by atoms with Crippen molar-refractivity contribution in [2.24, 2.45) is 5.10 Å². The van der Waals surface area contributed by atoms with Crippen molar-refractivity contribution in [1.82, 2.24) is 4.98 Å². The third kappa shape index (κ3) is 3.60. The van der Waals surface area contributed by atoms with Gasteiger partial charge in [0.15, 0.2) is 0 Å². The fraction of sp³-hybridized carbons (Fsp3) is 0.167. The highest BCUT2D eigenvalue weighted by molar-refractivity contribution is 7.22. The van der Waals surface area contributed by atoms with E-state index in [1.54, 1.807) is 6.21 Å². The maximum Gasteiger partial charge on any atom is 0.246 e. The van der Waals surface area contributed by atoms with Crippen LogP contribution >= 0.6 is 11.3 Å². The van der Waals surface area contributed by atoms with Gasteiger partial charge in [0.25, 0.3) is 0 Å². The minimum absolute atomic E-state index is 0.184. The zero-order chi connectivity index (χ0) is 16.9. The lowest BCUT2D eigenvalue weighted by molar-refractivity contribution is -0.116. The molecule has 0 aliphatic rings. The number of fused-ring (bicyclic) bond motifs is 1. The first-order chi connectivity index (χ1) is 11.7.